The molecule has 1 atom stereocenters. The Hall–Kier alpha value is -1.22. The summed E-state index contributed by atoms with van der Waals surface area (Å²) in [5, 5.41) is 3.00. The Bertz CT molecular complexity index is 390. The summed E-state index contributed by atoms with van der Waals surface area (Å²) >= 11 is 0. The molecule has 0 radical (unpaired) electrons. The van der Waals surface area contributed by atoms with Gasteiger partial charge in [-0.25, -0.2) is 0 Å². The average molecular weight is 299 g/mol. The van der Waals surface area contributed by atoms with Crippen LogP contribution in [0.2, 0.25) is 0 Å². The molecule has 0 aliphatic carbocycles. The highest BCUT2D eigenvalue weighted by Crippen LogP contribution is 2.18. The van der Waals surface area contributed by atoms with Gasteiger partial charge in [0.05, 0.1) is 0 Å². The molecule has 0 bridgehead atoms. The third kappa shape index (κ3) is 6.80. The van der Waals surface area contributed by atoms with E-state index in [-0.39, 0.29) is 18.3 Å². The average Bonchev–Trinajstić information content (AvgIpc) is 2.38. The van der Waals surface area contributed by atoms with Crippen molar-refractivity contribution in [2.45, 2.75) is 40.0 Å². The Balaban J connectivity index is 0.00000361. The van der Waals surface area contributed by atoms with Crippen molar-refractivity contribution in [3.63, 3.8) is 0 Å². The summed E-state index contributed by atoms with van der Waals surface area (Å²) < 4.78 is 0. The summed E-state index contributed by atoms with van der Waals surface area (Å²) in [5.74, 6) is 1.21. The number of nitrogens with two attached hydrogens (primary N) is 1. The molecule has 1 rings (SSSR count). The van der Waals surface area contributed by atoms with Crippen molar-refractivity contribution in [1.82, 2.24) is 5.32 Å². The van der Waals surface area contributed by atoms with Crippen LogP contribution in [0.15, 0.2) is 24.3 Å². The quantitative estimate of drug-likeness (QED) is 0.758. The number of carbonyl (C=O) groups is 1. The van der Waals surface area contributed by atoms with E-state index < -0.39 is 0 Å². The number of anilines is 1. The van der Waals surface area contributed by atoms with Crippen LogP contribution < -0.4 is 11.1 Å². The van der Waals surface area contributed by atoms with Crippen LogP contribution in [0.5, 0.6) is 0 Å². The molecule has 0 aliphatic rings. The summed E-state index contributed by atoms with van der Waals surface area (Å²) in [4.78, 5) is 11.8. The smallest absolute Gasteiger partial charge is 0.220 e. The third-order valence-electron chi connectivity index (χ3n) is 3.63. The maximum Gasteiger partial charge on any atom is 0.220 e. The van der Waals surface area contributed by atoms with Crippen molar-refractivity contribution in [2.75, 3.05) is 12.3 Å². The van der Waals surface area contributed by atoms with Crippen LogP contribution in [0.3, 0.4) is 0 Å². The molecule has 0 aromatic heterocycles. The third-order valence-corrected chi connectivity index (χ3v) is 3.63. The lowest BCUT2D eigenvalue weighted by molar-refractivity contribution is -0.122. The van der Waals surface area contributed by atoms with Gasteiger partial charge in [-0.05, 0) is 36.0 Å². The molecule has 4 heteroatoms. The van der Waals surface area contributed by atoms with E-state index in [1.807, 2.05) is 24.3 Å². The molecular formula is C16H27ClN2O. The van der Waals surface area contributed by atoms with Crippen LogP contribution in [0.25, 0.3) is 0 Å². The predicted molar refractivity (Wildman–Crippen MR) is 88.1 cm³/mol. The van der Waals surface area contributed by atoms with E-state index in [0.717, 1.165) is 18.5 Å². The SMILES string of the molecule is CCC(CC(=O)NCCc1ccc(N)cc1)C(C)C.Cl. The zero-order valence-corrected chi connectivity index (χ0v) is 13.5. The first-order valence-corrected chi connectivity index (χ1v) is 7.14. The molecule has 0 aliphatic heterocycles. The fourth-order valence-electron chi connectivity index (χ4n) is 2.19. The first-order valence-electron chi connectivity index (χ1n) is 7.14. The highest BCUT2D eigenvalue weighted by Gasteiger charge is 2.15. The minimum absolute atomic E-state index is 0. The zero-order valence-electron chi connectivity index (χ0n) is 12.7. The largest absolute Gasteiger partial charge is 0.399 e. The van der Waals surface area contributed by atoms with Crippen LogP contribution in [0.4, 0.5) is 5.69 Å². The maximum atomic E-state index is 11.8. The topological polar surface area (TPSA) is 55.1 Å². The number of carbonyl (C=O) groups excluding carboxylic acids is 1. The van der Waals surface area contributed by atoms with Gasteiger partial charge >= 0.3 is 0 Å². The Morgan fingerprint density at radius 2 is 1.85 bits per heavy atom. The molecular weight excluding hydrogens is 272 g/mol. The second-order valence-corrected chi connectivity index (χ2v) is 5.46. The molecule has 0 fully saturated rings. The molecule has 20 heavy (non-hydrogen) atoms. The molecule has 1 amide bonds. The lowest BCUT2D eigenvalue weighted by Crippen LogP contribution is -2.28. The van der Waals surface area contributed by atoms with Gasteiger partial charge in [0.2, 0.25) is 5.91 Å². The van der Waals surface area contributed by atoms with Crippen molar-refractivity contribution in [2.24, 2.45) is 11.8 Å². The summed E-state index contributed by atoms with van der Waals surface area (Å²) in [6, 6.07) is 7.79. The lowest BCUT2D eigenvalue weighted by atomic mass is 9.90. The van der Waals surface area contributed by atoms with E-state index in [2.05, 4.69) is 26.1 Å². The van der Waals surface area contributed by atoms with Gasteiger partial charge in [0, 0.05) is 18.7 Å². The number of benzene rings is 1. The van der Waals surface area contributed by atoms with E-state index >= 15 is 0 Å². The van der Waals surface area contributed by atoms with Gasteiger partial charge in [-0.3, -0.25) is 4.79 Å². The standard InChI is InChI=1S/C16H26N2O.ClH/c1-4-14(12(2)3)11-16(19)18-10-9-13-5-7-15(17)8-6-13;/h5-8,12,14H,4,9-11,17H2,1-3H3,(H,18,19);1H. The number of halogens is 1. The fraction of sp³-hybridized carbons (Fsp3) is 0.562. The van der Waals surface area contributed by atoms with Crippen LogP contribution in [-0.4, -0.2) is 12.5 Å². The Kier molecular flexibility index (Phi) is 9.06. The number of hydrogen-bond acceptors (Lipinski definition) is 2. The second kappa shape index (κ2) is 9.65. The van der Waals surface area contributed by atoms with Gasteiger partial charge in [0.15, 0.2) is 0 Å². The highest BCUT2D eigenvalue weighted by molar-refractivity contribution is 5.85. The molecule has 1 aromatic carbocycles. The zero-order chi connectivity index (χ0) is 14.3. The Labute approximate surface area is 128 Å². The van der Waals surface area contributed by atoms with E-state index in [4.69, 9.17) is 5.73 Å². The van der Waals surface area contributed by atoms with E-state index in [1.54, 1.807) is 0 Å². The van der Waals surface area contributed by atoms with Crippen molar-refractivity contribution in [3.05, 3.63) is 29.8 Å². The summed E-state index contributed by atoms with van der Waals surface area (Å²) in [7, 11) is 0. The molecule has 3 N–H and O–H groups in total. The van der Waals surface area contributed by atoms with Crippen molar-refractivity contribution in [1.29, 1.82) is 0 Å². The number of rotatable bonds is 7. The molecule has 114 valence electrons. The van der Waals surface area contributed by atoms with Crippen molar-refractivity contribution in [3.8, 4) is 0 Å². The van der Waals surface area contributed by atoms with Crippen molar-refractivity contribution < 1.29 is 4.79 Å². The van der Waals surface area contributed by atoms with Crippen LogP contribution in [0.1, 0.15) is 39.2 Å². The number of nitrogen functional groups attached to an aromatic ring is 1. The highest BCUT2D eigenvalue weighted by atomic mass is 35.5. The summed E-state index contributed by atoms with van der Waals surface area (Å²) in [5.41, 5.74) is 7.61. The minimum atomic E-state index is 0. The molecule has 0 saturated carbocycles. The molecule has 0 saturated heterocycles. The fourth-order valence-corrected chi connectivity index (χ4v) is 2.19. The minimum Gasteiger partial charge on any atom is -0.399 e. The number of hydrogen-bond donors (Lipinski definition) is 2. The molecule has 0 heterocycles. The van der Waals surface area contributed by atoms with Crippen LogP contribution in [0, 0.1) is 11.8 Å². The normalized spacial score (nSPS) is 11.8. The second-order valence-electron chi connectivity index (χ2n) is 5.46. The predicted octanol–water partition coefficient (Wildman–Crippen LogP) is 3.42. The Morgan fingerprint density at radius 1 is 1.25 bits per heavy atom. The van der Waals surface area contributed by atoms with Crippen LogP contribution >= 0.6 is 12.4 Å². The van der Waals surface area contributed by atoms with Crippen molar-refractivity contribution >= 4 is 24.0 Å². The monoisotopic (exact) mass is 298 g/mol. The maximum absolute atomic E-state index is 11.8. The number of amides is 1. The van der Waals surface area contributed by atoms with Gasteiger partial charge < -0.3 is 11.1 Å². The van der Waals surface area contributed by atoms with Gasteiger partial charge in [-0.15, -0.1) is 12.4 Å². The van der Waals surface area contributed by atoms with Gasteiger partial charge in [0.1, 0.15) is 0 Å². The van der Waals surface area contributed by atoms with Gasteiger partial charge in [-0.2, -0.15) is 0 Å². The number of nitrogens with one attached hydrogen (secondary N) is 1. The Morgan fingerprint density at radius 3 is 2.35 bits per heavy atom. The van der Waals surface area contributed by atoms with Crippen LogP contribution in [-0.2, 0) is 11.2 Å². The summed E-state index contributed by atoms with van der Waals surface area (Å²) in [6.07, 6.45) is 2.55. The van der Waals surface area contributed by atoms with Gasteiger partial charge in [-0.1, -0.05) is 39.3 Å². The van der Waals surface area contributed by atoms with E-state index in [1.165, 1.54) is 5.56 Å². The van der Waals surface area contributed by atoms with Gasteiger partial charge in [0.25, 0.3) is 0 Å². The lowest BCUT2D eigenvalue weighted by Gasteiger charge is -2.18. The molecule has 1 aromatic rings. The molecule has 3 nitrogen and oxygen atoms in total. The van der Waals surface area contributed by atoms with E-state index in [9.17, 15) is 4.79 Å². The first kappa shape index (κ1) is 18.8. The summed E-state index contributed by atoms with van der Waals surface area (Å²) in [6.45, 7) is 7.19. The van der Waals surface area contributed by atoms with E-state index in [0.29, 0.717) is 24.8 Å². The first-order chi connectivity index (χ1) is 9.02. The molecule has 1 unspecified atom stereocenters. The molecule has 0 spiro atoms.